The van der Waals surface area contributed by atoms with Crippen LogP contribution in [0.3, 0.4) is 0 Å². The molecule has 4 nitrogen and oxygen atoms in total. The molecule has 0 bridgehead atoms. The van der Waals surface area contributed by atoms with Gasteiger partial charge in [-0.2, -0.15) is 0 Å². The summed E-state index contributed by atoms with van der Waals surface area (Å²) in [5, 5.41) is 12.7. The third-order valence-electron chi connectivity index (χ3n) is 3.95. The van der Waals surface area contributed by atoms with Crippen LogP contribution in [0.2, 0.25) is 0 Å². The van der Waals surface area contributed by atoms with Gasteiger partial charge in [-0.15, -0.1) is 11.3 Å². The predicted octanol–water partition coefficient (Wildman–Crippen LogP) is 3.29. The number of carbonyl (C=O) groups is 1. The van der Waals surface area contributed by atoms with Crippen molar-refractivity contribution in [1.82, 2.24) is 10.2 Å². The zero-order valence-electron chi connectivity index (χ0n) is 12.6. The summed E-state index contributed by atoms with van der Waals surface area (Å²) in [6.07, 6.45) is 0.212. The standard InChI is InChI=1S/C16H15F2N3OS/c1-16(7-14(22)21(2)15(19)20-16)13-5-10(8-23-13)9-3-11(17)6-12(18)4-9/h3-6,8H,7H2,1-2H3,(H2,19,20)/t16-/m0/s1. The molecule has 2 N–H and O–H groups in total. The molecule has 1 amide bonds. The van der Waals surface area contributed by atoms with E-state index in [2.05, 4.69) is 5.32 Å². The van der Waals surface area contributed by atoms with Gasteiger partial charge in [0.1, 0.15) is 11.6 Å². The van der Waals surface area contributed by atoms with Gasteiger partial charge in [-0.05, 0) is 41.6 Å². The number of halogens is 2. The van der Waals surface area contributed by atoms with Crippen molar-refractivity contribution in [3.05, 3.63) is 46.2 Å². The average molecular weight is 335 g/mol. The number of carbonyl (C=O) groups excluding carboxylic acids is 1. The van der Waals surface area contributed by atoms with Gasteiger partial charge in [0, 0.05) is 18.0 Å². The Balaban J connectivity index is 1.95. The van der Waals surface area contributed by atoms with E-state index in [9.17, 15) is 13.6 Å². The van der Waals surface area contributed by atoms with Crippen LogP contribution in [0.5, 0.6) is 0 Å². The maximum absolute atomic E-state index is 13.4. The number of thiophene rings is 1. The predicted molar refractivity (Wildman–Crippen MR) is 85.3 cm³/mol. The fraction of sp³-hybridized carbons (Fsp3) is 0.250. The van der Waals surface area contributed by atoms with Crippen molar-refractivity contribution in [1.29, 1.82) is 5.41 Å². The smallest absolute Gasteiger partial charge is 0.231 e. The number of hydrogen-bond donors (Lipinski definition) is 2. The van der Waals surface area contributed by atoms with E-state index in [1.807, 2.05) is 6.92 Å². The third-order valence-corrected chi connectivity index (χ3v) is 5.14. The summed E-state index contributed by atoms with van der Waals surface area (Å²) < 4.78 is 26.7. The SMILES string of the molecule is CN1C(=N)N[C@](C)(c2cc(-c3cc(F)cc(F)c3)cs2)CC1=O. The molecule has 1 aliphatic heterocycles. The number of rotatable bonds is 2. The first-order valence-corrected chi connectivity index (χ1v) is 7.85. The minimum Gasteiger partial charge on any atom is -0.345 e. The van der Waals surface area contributed by atoms with Crippen molar-refractivity contribution >= 4 is 23.2 Å². The van der Waals surface area contributed by atoms with Gasteiger partial charge in [0.15, 0.2) is 5.96 Å². The van der Waals surface area contributed by atoms with Crippen LogP contribution in [0, 0.1) is 17.0 Å². The lowest BCUT2D eigenvalue weighted by molar-refractivity contribution is -0.129. The second kappa shape index (κ2) is 5.42. The van der Waals surface area contributed by atoms with Crippen LogP contribution in [-0.4, -0.2) is 23.8 Å². The lowest BCUT2D eigenvalue weighted by Crippen LogP contribution is -2.57. The first-order valence-electron chi connectivity index (χ1n) is 6.97. The molecule has 0 unspecified atom stereocenters. The van der Waals surface area contributed by atoms with Crippen molar-refractivity contribution in [2.45, 2.75) is 18.9 Å². The molecule has 0 spiro atoms. The van der Waals surface area contributed by atoms with Crippen molar-refractivity contribution in [3.63, 3.8) is 0 Å². The quantitative estimate of drug-likeness (QED) is 0.885. The maximum Gasteiger partial charge on any atom is 0.231 e. The van der Waals surface area contributed by atoms with Gasteiger partial charge in [0.25, 0.3) is 0 Å². The monoisotopic (exact) mass is 335 g/mol. The fourth-order valence-electron chi connectivity index (χ4n) is 2.58. The summed E-state index contributed by atoms with van der Waals surface area (Å²) in [4.78, 5) is 14.1. The number of benzene rings is 1. The molecule has 1 aliphatic rings. The number of hydrogen-bond acceptors (Lipinski definition) is 3. The van der Waals surface area contributed by atoms with Gasteiger partial charge in [0.05, 0.1) is 12.0 Å². The zero-order chi connectivity index (χ0) is 16.8. The normalized spacial score (nSPS) is 21.5. The topological polar surface area (TPSA) is 56.2 Å². The summed E-state index contributed by atoms with van der Waals surface area (Å²) in [6.45, 7) is 1.84. The number of nitrogens with zero attached hydrogens (tertiary/aromatic N) is 1. The van der Waals surface area contributed by atoms with Gasteiger partial charge in [-0.25, -0.2) is 8.78 Å². The Kier molecular flexibility index (Phi) is 3.68. The molecule has 23 heavy (non-hydrogen) atoms. The molecule has 1 atom stereocenters. The molecule has 1 fully saturated rings. The van der Waals surface area contributed by atoms with Crippen LogP contribution < -0.4 is 5.32 Å². The first kappa shape index (κ1) is 15.6. The summed E-state index contributed by atoms with van der Waals surface area (Å²) in [5.41, 5.74) is 0.433. The summed E-state index contributed by atoms with van der Waals surface area (Å²) in [5.74, 6) is -1.37. The van der Waals surface area contributed by atoms with E-state index in [-0.39, 0.29) is 18.3 Å². The number of nitrogens with one attached hydrogen (secondary N) is 2. The Morgan fingerprint density at radius 1 is 1.22 bits per heavy atom. The molecule has 120 valence electrons. The fourth-order valence-corrected chi connectivity index (χ4v) is 3.62. The molecule has 1 aromatic carbocycles. The van der Waals surface area contributed by atoms with E-state index in [1.165, 1.54) is 28.4 Å². The van der Waals surface area contributed by atoms with Crippen molar-refractivity contribution in [2.75, 3.05) is 7.05 Å². The largest absolute Gasteiger partial charge is 0.345 e. The molecular formula is C16H15F2N3OS. The van der Waals surface area contributed by atoms with Crippen molar-refractivity contribution in [3.8, 4) is 11.1 Å². The number of guanidine groups is 1. The second-order valence-electron chi connectivity index (χ2n) is 5.79. The van der Waals surface area contributed by atoms with Gasteiger partial charge in [-0.3, -0.25) is 15.1 Å². The summed E-state index contributed by atoms with van der Waals surface area (Å²) in [7, 11) is 1.55. The third kappa shape index (κ3) is 2.84. The minimum absolute atomic E-state index is 0.0375. The van der Waals surface area contributed by atoms with Crippen LogP contribution in [0.1, 0.15) is 18.2 Å². The van der Waals surface area contributed by atoms with E-state index in [0.717, 1.165) is 10.9 Å². The molecule has 0 aliphatic carbocycles. The van der Waals surface area contributed by atoms with Gasteiger partial charge < -0.3 is 5.32 Å². The molecule has 7 heteroatoms. The van der Waals surface area contributed by atoms with E-state index in [1.54, 1.807) is 18.5 Å². The highest BCUT2D eigenvalue weighted by atomic mass is 32.1. The molecule has 1 saturated heterocycles. The highest BCUT2D eigenvalue weighted by Crippen LogP contribution is 2.36. The van der Waals surface area contributed by atoms with E-state index < -0.39 is 17.2 Å². The summed E-state index contributed by atoms with van der Waals surface area (Å²) >= 11 is 1.39. The lowest BCUT2D eigenvalue weighted by Gasteiger charge is -2.38. The maximum atomic E-state index is 13.4. The van der Waals surface area contributed by atoms with Crippen LogP contribution in [-0.2, 0) is 10.3 Å². The van der Waals surface area contributed by atoms with Crippen LogP contribution >= 0.6 is 11.3 Å². The zero-order valence-corrected chi connectivity index (χ0v) is 13.4. The Bertz CT molecular complexity index is 764. The van der Waals surface area contributed by atoms with E-state index >= 15 is 0 Å². The van der Waals surface area contributed by atoms with Crippen molar-refractivity contribution < 1.29 is 13.6 Å². The molecular weight excluding hydrogens is 320 g/mol. The number of amides is 1. The Hall–Kier alpha value is -2.28. The highest BCUT2D eigenvalue weighted by Gasteiger charge is 2.38. The van der Waals surface area contributed by atoms with Gasteiger partial charge >= 0.3 is 0 Å². The molecule has 2 aromatic rings. The second-order valence-corrected chi connectivity index (χ2v) is 6.70. The molecule has 1 aromatic heterocycles. The van der Waals surface area contributed by atoms with Crippen molar-refractivity contribution in [2.24, 2.45) is 0 Å². The van der Waals surface area contributed by atoms with Gasteiger partial charge in [0.2, 0.25) is 5.91 Å². The molecule has 2 heterocycles. The average Bonchev–Trinajstić information content (AvgIpc) is 2.94. The Morgan fingerprint density at radius 3 is 2.48 bits per heavy atom. The molecule has 3 rings (SSSR count). The lowest BCUT2D eigenvalue weighted by atomic mass is 9.92. The van der Waals surface area contributed by atoms with Crippen LogP contribution in [0.25, 0.3) is 11.1 Å². The molecule has 0 radical (unpaired) electrons. The Labute approximate surface area is 136 Å². The minimum atomic E-state index is -0.699. The molecule has 0 saturated carbocycles. The van der Waals surface area contributed by atoms with E-state index in [4.69, 9.17) is 5.41 Å². The van der Waals surface area contributed by atoms with Crippen LogP contribution in [0.4, 0.5) is 8.78 Å². The highest BCUT2D eigenvalue weighted by molar-refractivity contribution is 7.10. The van der Waals surface area contributed by atoms with Crippen LogP contribution in [0.15, 0.2) is 29.6 Å². The van der Waals surface area contributed by atoms with Gasteiger partial charge in [-0.1, -0.05) is 0 Å². The first-order chi connectivity index (χ1) is 10.8. The Morgan fingerprint density at radius 2 is 1.87 bits per heavy atom. The van der Waals surface area contributed by atoms with E-state index in [0.29, 0.717) is 11.1 Å². The summed E-state index contributed by atoms with van der Waals surface area (Å²) in [6, 6.07) is 5.17.